The van der Waals surface area contributed by atoms with Gasteiger partial charge in [-0.2, -0.15) is 0 Å². The maximum Gasteiger partial charge on any atom is 0.258 e. The number of aromatic amines is 1. The lowest BCUT2D eigenvalue weighted by Crippen LogP contribution is -2.30. The first-order valence-electron chi connectivity index (χ1n) is 8.10. The van der Waals surface area contributed by atoms with E-state index < -0.39 is 0 Å². The summed E-state index contributed by atoms with van der Waals surface area (Å²) in [4.78, 5) is 26.3. The van der Waals surface area contributed by atoms with Crippen LogP contribution in [0.25, 0.3) is 16.5 Å². The van der Waals surface area contributed by atoms with Crippen LogP contribution >= 0.6 is 0 Å². The number of fused-ring (bicyclic) bond motifs is 1. The van der Waals surface area contributed by atoms with Crippen molar-refractivity contribution in [3.05, 3.63) is 76.6 Å². The van der Waals surface area contributed by atoms with Crippen molar-refractivity contribution in [3.8, 4) is 0 Å². The van der Waals surface area contributed by atoms with Crippen LogP contribution in [0.3, 0.4) is 0 Å². The Kier molecular flexibility index (Phi) is 3.92. The Morgan fingerprint density at radius 2 is 2.00 bits per heavy atom. The molecule has 0 saturated carbocycles. The molecule has 0 radical (unpaired) electrons. The summed E-state index contributed by atoms with van der Waals surface area (Å²) in [6.07, 6.45) is 4.99. The summed E-state index contributed by atoms with van der Waals surface area (Å²) in [5.74, 6) is 0.716. The van der Waals surface area contributed by atoms with Gasteiger partial charge in [0.25, 0.3) is 5.56 Å². The third kappa shape index (κ3) is 2.98. The lowest BCUT2D eigenvalue weighted by atomic mass is 10.0. The summed E-state index contributed by atoms with van der Waals surface area (Å²) in [6, 6.07) is 13.4. The van der Waals surface area contributed by atoms with Gasteiger partial charge in [-0.15, -0.1) is 0 Å². The summed E-state index contributed by atoms with van der Waals surface area (Å²) in [5.41, 5.74) is 3.01. The highest BCUT2D eigenvalue weighted by Crippen LogP contribution is 2.21. The van der Waals surface area contributed by atoms with Gasteiger partial charge in [-0.3, -0.25) is 14.7 Å². The largest absolute Gasteiger partial charge is 0.309 e. The number of H-pyrrole nitrogens is 1. The number of nitrogens with one attached hydrogen (secondary N) is 1. The molecule has 1 aliphatic rings. The van der Waals surface area contributed by atoms with Gasteiger partial charge in [0.1, 0.15) is 5.82 Å². The molecule has 0 amide bonds. The molecule has 120 valence electrons. The first-order valence-corrected chi connectivity index (χ1v) is 8.10. The van der Waals surface area contributed by atoms with Gasteiger partial charge in [0.15, 0.2) is 0 Å². The molecule has 0 aliphatic carbocycles. The highest BCUT2D eigenvalue weighted by atomic mass is 16.1. The summed E-state index contributed by atoms with van der Waals surface area (Å²) >= 11 is 0. The van der Waals surface area contributed by atoms with Gasteiger partial charge in [-0.25, -0.2) is 4.98 Å². The van der Waals surface area contributed by atoms with E-state index in [1.54, 1.807) is 6.07 Å². The van der Waals surface area contributed by atoms with Gasteiger partial charge >= 0.3 is 0 Å². The van der Waals surface area contributed by atoms with Crippen molar-refractivity contribution in [1.29, 1.82) is 0 Å². The molecule has 0 atom stereocenters. The van der Waals surface area contributed by atoms with E-state index in [1.165, 1.54) is 5.57 Å². The Labute approximate surface area is 139 Å². The van der Waals surface area contributed by atoms with Crippen LogP contribution < -0.4 is 5.56 Å². The minimum Gasteiger partial charge on any atom is -0.309 e. The van der Waals surface area contributed by atoms with Gasteiger partial charge in [-0.05, 0) is 36.3 Å². The van der Waals surface area contributed by atoms with Gasteiger partial charge in [0, 0.05) is 19.3 Å². The summed E-state index contributed by atoms with van der Waals surface area (Å²) in [6.45, 7) is 2.41. The van der Waals surface area contributed by atoms with E-state index in [0.717, 1.165) is 30.7 Å². The topological polar surface area (TPSA) is 61.9 Å². The number of rotatable bonds is 3. The predicted octanol–water partition coefficient (Wildman–Crippen LogP) is 2.61. The van der Waals surface area contributed by atoms with Crippen molar-refractivity contribution < 1.29 is 0 Å². The van der Waals surface area contributed by atoms with E-state index in [9.17, 15) is 4.79 Å². The fourth-order valence-corrected chi connectivity index (χ4v) is 3.06. The molecule has 1 N–H and O–H groups in total. The molecule has 0 fully saturated rings. The zero-order chi connectivity index (χ0) is 16.4. The molecule has 3 aromatic rings. The minimum atomic E-state index is -0.0719. The van der Waals surface area contributed by atoms with Crippen LogP contribution in [0.4, 0.5) is 0 Å². The van der Waals surface area contributed by atoms with Gasteiger partial charge < -0.3 is 4.98 Å². The fourth-order valence-electron chi connectivity index (χ4n) is 3.06. The summed E-state index contributed by atoms with van der Waals surface area (Å²) in [5, 5.41) is 0.636. The molecule has 2 aromatic heterocycles. The molecule has 1 aromatic carbocycles. The van der Waals surface area contributed by atoms with E-state index in [-0.39, 0.29) is 5.56 Å². The highest BCUT2D eigenvalue weighted by Gasteiger charge is 2.15. The molecule has 0 spiro atoms. The van der Waals surface area contributed by atoms with E-state index in [0.29, 0.717) is 17.8 Å². The standard InChI is InChI=1S/C19H18N4O/c24-19-15-5-1-2-7-17(15)21-18(22-19)13-23-11-8-14(9-12-23)16-6-3-4-10-20-16/h1-8,10H,9,11-13H2,(H,21,22,24). The SMILES string of the molecule is O=c1[nH]c(CN2CC=C(c3ccccn3)CC2)nc2ccccc12. The molecule has 1 aliphatic heterocycles. The second kappa shape index (κ2) is 6.37. The van der Waals surface area contributed by atoms with Crippen LogP contribution in [-0.4, -0.2) is 32.9 Å². The van der Waals surface area contributed by atoms with Crippen LogP contribution in [0.1, 0.15) is 17.9 Å². The average Bonchev–Trinajstić information content (AvgIpc) is 2.63. The zero-order valence-corrected chi connectivity index (χ0v) is 13.3. The molecule has 5 heteroatoms. The van der Waals surface area contributed by atoms with E-state index in [2.05, 4.69) is 25.9 Å². The van der Waals surface area contributed by atoms with Crippen LogP contribution in [0.15, 0.2) is 59.5 Å². The number of hydrogen-bond acceptors (Lipinski definition) is 4. The molecule has 5 nitrogen and oxygen atoms in total. The zero-order valence-electron chi connectivity index (χ0n) is 13.3. The van der Waals surface area contributed by atoms with Gasteiger partial charge in [-0.1, -0.05) is 24.3 Å². The fraction of sp³-hybridized carbons (Fsp3) is 0.211. The van der Waals surface area contributed by atoms with Crippen molar-refractivity contribution >= 4 is 16.5 Å². The molecule has 4 rings (SSSR count). The second-order valence-electron chi connectivity index (χ2n) is 5.96. The molecule has 24 heavy (non-hydrogen) atoms. The average molecular weight is 318 g/mol. The van der Waals surface area contributed by atoms with Gasteiger partial charge in [0.05, 0.1) is 23.1 Å². The third-order valence-electron chi connectivity index (χ3n) is 4.32. The quantitative estimate of drug-likeness (QED) is 0.806. The molecule has 0 unspecified atom stereocenters. The van der Waals surface area contributed by atoms with Crippen LogP contribution in [0, 0.1) is 0 Å². The number of nitrogens with zero attached hydrogens (tertiary/aromatic N) is 3. The maximum absolute atomic E-state index is 12.1. The number of benzene rings is 1. The molecular formula is C19H18N4O. The lowest BCUT2D eigenvalue weighted by Gasteiger charge is -2.25. The Balaban J connectivity index is 1.51. The van der Waals surface area contributed by atoms with Crippen LogP contribution in [-0.2, 0) is 6.54 Å². The van der Waals surface area contributed by atoms with Crippen molar-refractivity contribution in [2.75, 3.05) is 13.1 Å². The lowest BCUT2D eigenvalue weighted by molar-refractivity contribution is 0.286. The van der Waals surface area contributed by atoms with E-state index in [1.807, 2.05) is 42.6 Å². The van der Waals surface area contributed by atoms with Crippen LogP contribution in [0.2, 0.25) is 0 Å². The smallest absolute Gasteiger partial charge is 0.258 e. The van der Waals surface area contributed by atoms with Crippen molar-refractivity contribution in [2.45, 2.75) is 13.0 Å². The summed E-state index contributed by atoms with van der Waals surface area (Å²) in [7, 11) is 0. The Morgan fingerprint density at radius 3 is 2.79 bits per heavy atom. The number of hydrogen-bond donors (Lipinski definition) is 1. The van der Waals surface area contributed by atoms with Crippen LogP contribution in [0.5, 0.6) is 0 Å². The Morgan fingerprint density at radius 1 is 1.12 bits per heavy atom. The Hall–Kier alpha value is -2.79. The molecule has 3 heterocycles. The van der Waals surface area contributed by atoms with Crippen molar-refractivity contribution in [2.24, 2.45) is 0 Å². The molecule has 0 saturated heterocycles. The van der Waals surface area contributed by atoms with Crippen molar-refractivity contribution in [1.82, 2.24) is 19.9 Å². The molecule has 0 bridgehead atoms. The maximum atomic E-state index is 12.1. The third-order valence-corrected chi connectivity index (χ3v) is 4.32. The first kappa shape index (κ1) is 14.8. The first-order chi connectivity index (χ1) is 11.8. The van der Waals surface area contributed by atoms with E-state index >= 15 is 0 Å². The van der Waals surface area contributed by atoms with Gasteiger partial charge in [0.2, 0.25) is 0 Å². The summed E-state index contributed by atoms with van der Waals surface area (Å²) < 4.78 is 0. The number of pyridine rings is 1. The normalized spacial score (nSPS) is 15.4. The molecular weight excluding hydrogens is 300 g/mol. The number of para-hydroxylation sites is 1. The second-order valence-corrected chi connectivity index (χ2v) is 5.96. The van der Waals surface area contributed by atoms with Crippen molar-refractivity contribution in [3.63, 3.8) is 0 Å². The van der Waals surface area contributed by atoms with E-state index in [4.69, 9.17) is 0 Å². The minimum absolute atomic E-state index is 0.0719. The predicted molar refractivity (Wildman–Crippen MR) is 94.5 cm³/mol. The Bertz CT molecular complexity index is 946. The monoisotopic (exact) mass is 318 g/mol. The highest BCUT2D eigenvalue weighted by molar-refractivity contribution is 5.77. The number of aromatic nitrogens is 3.